The smallest absolute Gasteiger partial charge is 0.201 e. The van der Waals surface area contributed by atoms with E-state index in [1.807, 2.05) is 27.7 Å². The third kappa shape index (κ3) is 3.90. The first-order chi connectivity index (χ1) is 18.7. The van der Waals surface area contributed by atoms with E-state index < -0.39 is 46.6 Å². The van der Waals surface area contributed by atoms with Crippen LogP contribution in [0.4, 0.5) is 0 Å². The highest BCUT2D eigenvalue weighted by molar-refractivity contribution is 5.13. The second-order valence-electron chi connectivity index (χ2n) is 15.0. The lowest BCUT2D eigenvalue weighted by Crippen LogP contribution is -2.73. The molecule has 2 saturated carbocycles. The highest BCUT2D eigenvalue weighted by Gasteiger charge is 2.72. The van der Waals surface area contributed by atoms with Crippen molar-refractivity contribution >= 4 is 0 Å². The van der Waals surface area contributed by atoms with E-state index >= 15 is 0 Å². The molecule has 2 N–H and O–H groups in total. The maximum atomic E-state index is 10.8. The lowest BCUT2D eigenvalue weighted by atomic mass is 9.57. The summed E-state index contributed by atoms with van der Waals surface area (Å²) in [5.41, 5.74) is -3.09. The van der Waals surface area contributed by atoms with Gasteiger partial charge in [-0.2, -0.15) is 0 Å². The van der Waals surface area contributed by atoms with Crippen LogP contribution in [0.25, 0.3) is 0 Å². The van der Waals surface area contributed by atoms with Gasteiger partial charge in [-0.05, 0) is 89.9 Å². The van der Waals surface area contributed by atoms with Gasteiger partial charge in [0.15, 0.2) is 23.8 Å². The average molecular weight is 569 g/mol. The summed E-state index contributed by atoms with van der Waals surface area (Å²) in [5, 5.41) is 21.5. The van der Waals surface area contributed by atoms with E-state index in [9.17, 15) is 10.2 Å². The van der Waals surface area contributed by atoms with Crippen molar-refractivity contribution < 1.29 is 48.7 Å². The zero-order valence-electron chi connectivity index (χ0n) is 24.9. The van der Waals surface area contributed by atoms with E-state index in [1.54, 1.807) is 0 Å². The van der Waals surface area contributed by atoms with Gasteiger partial charge in [0.25, 0.3) is 0 Å². The molecular weight excluding hydrogens is 520 g/mol. The quantitative estimate of drug-likeness (QED) is 0.416. The molecule has 0 amide bonds. The molecule has 10 heteroatoms. The molecule has 8 saturated heterocycles. The van der Waals surface area contributed by atoms with Crippen LogP contribution < -0.4 is 0 Å². The second kappa shape index (κ2) is 9.06. The largest absolute Gasteiger partial charge is 0.387 e. The number of fused-ring (bicyclic) bond motifs is 4. The van der Waals surface area contributed by atoms with Crippen molar-refractivity contribution in [3.63, 3.8) is 0 Å². The predicted molar refractivity (Wildman–Crippen MR) is 139 cm³/mol. The third-order valence-corrected chi connectivity index (χ3v) is 12.0. The molecule has 0 aromatic heterocycles. The zero-order valence-corrected chi connectivity index (χ0v) is 24.9. The first kappa shape index (κ1) is 28.4. The number of hydrogen-bond donors (Lipinski definition) is 2. The van der Waals surface area contributed by atoms with Crippen molar-refractivity contribution in [2.45, 2.75) is 139 Å². The Balaban J connectivity index is 0.000000132. The summed E-state index contributed by atoms with van der Waals surface area (Å²) in [6, 6.07) is 0. The molecule has 8 aliphatic heterocycles. The van der Waals surface area contributed by atoms with Crippen molar-refractivity contribution in [3.8, 4) is 0 Å². The summed E-state index contributed by atoms with van der Waals surface area (Å²) in [6.45, 7) is 12.6. The van der Waals surface area contributed by atoms with Crippen LogP contribution >= 0.6 is 0 Å². The summed E-state index contributed by atoms with van der Waals surface area (Å²) in [6.07, 6.45) is 6.80. The van der Waals surface area contributed by atoms with Crippen LogP contribution in [0.5, 0.6) is 0 Å². The Bertz CT molecular complexity index is 927. The molecule has 2 spiro atoms. The molecular formula is C30H48O10. The van der Waals surface area contributed by atoms with Crippen molar-refractivity contribution in [1.82, 2.24) is 0 Å². The van der Waals surface area contributed by atoms with Crippen LogP contribution in [0.2, 0.25) is 0 Å². The van der Waals surface area contributed by atoms with Gasteiger partial charge in [-0.1, -0.05) is 13.8 Å². The predicted octanol–water partition coefficient (Wildman–Crippen LogP) is 3.97. The highest BCUT2D eigenvalue weighted by atomic mass is 17.3. The molecule has 2 unspecified atom stereocenters. The molecule has 14 atom stereocenters. The van der Waals surface area contributed by atoms with Gasteiger partial charge in [0.2, 0.25) is 11.6 Å². The molecule has 10 fully saturated rings. The maximum Gasteiger partial charge on any atom is 0.201 e. The molecule has 228 valence electrons. The van der Waals surface area contributed by atoms with E-state index in [0.29, 0.717) is 36.9 Å². The fourth-order valence-corrected chi connectivity index (χ4v) is 9.78. The molecule has 10 aliphatic rings. The summed E-state index contributed by atoms with van der Waals surface area (Å²) in [7, 11) is 0. The van der Waals surface area contributed by atoms with E-state index in [-0.39, 0.29) is 11.8 Å². The van der Waals surface area contributed by atoms with Gasteiger partial charge in [-0.3, -0.25) is 0 Å². The maximum absolute atomic E-state index is 10.8. The molecule has 0 aromatic carbocycles. The van der Waals surface area contributed by atoms with Crippen LogP contribution in [0.3, 0.4) is 0 Å². The molecule has 10 rings (SSSR count). The van der Waals surface area contributed by atoms with Gasteiger partial charge >= 0.3 is 0 Å². The van der Waals surface area contributed by atoms with Gasteiger partial charge in [-0.25, -0.2) is 19.6 Å². The number of ether oxygens (including phenoxy) is 4. The molecule has 4 bridgehead atoms. The first-order valence-corrected chi connectivity index (χ1v) is 15.5. The summed E-state index contributed by atoms with van der Waals surface area (Å²) >= 11 is 0. The van der Waals surface area contributed by atoms with Gasteiger partial charge in [0.05, 0.1) is 24.4 Å². The zero-order chi connectivity index (χ0) is 28.3. The summed E-state index contributed by atoms with van der Waals surface area (Å²) < 4.78 is 23.9. The highest BCUT2D eigenvalue weighted by Crippen LogP contribution is 2.61. The normalized spacial score (nSPS) is 61.8. The lowest BCUT2D eigenvalue weighted by molar-refractivity contribution is -0.571. The molecule has 0 radical (unpaired) electrons. The average Bonchev–Trinajstić information content (AvgIpc) is 3.26. The lowest BCUT2D eigenvalue weighted by Gasteiger charge is -2.60. The summed E-state index contributed by atoms with van der Waals surface area (Å²) in [4.78, 5) is 23.1. The number of rotatable bonds is 0. The van der Waals surface area contributed by atoms with Crippen LogP contribution in [0, 0.1) is 35.5 Å². The minimum Gasteiger partial charge on any atom is -0.387 e. The SMILES string of the molecule is C[C@@H]1CCC2[C@]34OO[C@](C)(CC[C@@H]13)O[C@H]4OC[C@@]2(C)O.C[C@@H]1CCC2[C@]34OO[C@](C)(CC[C@@H]13)O[C@H]4OC[C@]2(C)O. The standard InChI is InChI=1S/2C15H24O5/c2*1-9-4-5-11-13(2,16)8-17-12-15(11)10(9)6-7-14(3,18-12)19-20-15/h2*9-12,16H,4-8H2,1-3H3/t9-,10+,11?,12-,13+,14-,15-;9-,10+,11?,12-,13-,14-,15-/m11/s1. The first-order valence-electron chi connectivity index (χ1n) is 15.5. The van der Waals surface area contributed by atoms with Crippen LogP contribution in [-0.4, -0.2) is 70.0 Å². The van der Waals surface area contributed by atoms with Crippen LogP contribution in [-0.2, 0) is 38.5 Å². The Morgan fingerprint density at radius 1 is 0.550 bits per heavy atom. The number of hydrogen-bond acceptors (Lipinski definition) is 10. The van der Waals surface area contributed by atoms with Crippen LogP contribution in [0.1, 0.15) is 92.9 Å². The van der Waals surface area contributed by atoms with Crippen LogP contribution in [0.15, 0.2) is 0 Å². The number of aliphatic hydroxyl groups is 2. The Hall–Kier alpha value is -0.400. The second-order valence-corrected chi connectivity index (χ2v) is 15.0. The van der Waals surface area contributed by atoms with E-state index in [4.69, 9.17) is 38.5 Å². The summed E-state index contributed by atoms with van der Waals surface area (Å²) in [5.74, 6) is 0.222. The Morgan fingerprint density at radius 2 is 0.950 bits per heavy atom. The van der Waals surface area contributed by atoms with Crippen molar-refractivity contribution in [3.05, 3.63) is 0 Å². The van der Waals surface area contributed by atoms with Crippen molar-refractivity contribution in [2.24, 2.45) is 35.5 Å². The van der Waals surface area contributed by atoms with Gasteiger partial charge in [0.1, 0.15) is 0 Å². The van der Waals surface area contributed by atoms with Gasteiger partial charge < -0.3 is 29.2 Å². The minimum atomic E-state index is -0.889. The Morgan fingerprint density at radius 3 is 1.35 bits per heavy atom. The Labute approximate surface area is 237 Å². The van der Waals surface area contributed by atoms with Gasteiger partial charge in [-0.15, -0.1) is 0 Å². The topological polar surface area (TPSA) is 114 Å². The molecule has 0 aromatic rings. The molecule has 10 nitrogen and oxygen atoms in total. The van der Waals surface area contributed by atoms with E-state index in [0.717, 1.165) is 51.4 Å². The molecule has 2 aliphatic carbocycles. The molecule has 8 heterocycles. The minimum absolute atomic E-state index is 0.00222. The fraction of sp³-hybridized carbons (Fsp3) is 1.00. The fourth-order valence-electron chi connectivity index (χ4n) is 9.78. The van der Waals surface area contributed by atoms with Gasteiger partial charge in [0, 0.05) is 24.7 Å². The van der Waals surface area contributed by atoms with Crippen molar-refractivity contribution in [2.75, 3.05) is 13.2 Å². The van der Waals surface area contributed by atoms with Crippen molar-refractivity contribution in [1.29, 1.82) is 0 Å². The van der Waals surface area contributed by atoms with E-state index in [2.05, 4.69) is 13.8 Å². The molecule has 40 heavy (non-hydrogen) atoms. The van der Waals surface area contributed by atoms with E-state index in [1.165, 1.54) is 0 Å². The Kier molecular flexibility index (Phi) is 6.43. The third-order valence-electron chi connectivity index (χ3n) is 12.0. The monoisotopic (exact) mass is 568 g/mol.